The van der Waals surface area contributed by atoms with E-state index in [-0.39, 0.29) is 11.9 Å². The highest BCUT2D eigenvalue weighted by atomic mass is 16.5. The van der Waals surface area contributed by atoms with Crippen molar-refractivity contribution in [3.63, 3.8) is 0 Å². The van der Waals surface area contributed by atoms with Crippen LogP contribution >= 0.6 is 0 Å². The Labute approximate surface area is 103 Å². The summed E-state index contributed by atoms with van der Waals surface area (Å²) >= 11 is 0. The standard InChI is InChI=1S/C12H24N2O3/c1-4-10(2)11-12(15)14(9-13-11)5-6-17-8-7-16-3/h10-11,13H,4-9H2,1-3H3. The summed E-state index contributed by atoms with van der Waals surface area (Å²) in [5.74, 6) is 0.594. The Morgan fingerprint density at radius 1 is 1.47 bits per heavy atom. The van der Waals surface area contributed by atoms with E-state index < -0.39 is 0 Å². The first-order valence-electron chi connectivity index (χ1n) is 6.29. The molecule has 0 spiro atoms. The van der Waals surface area contributed by atoms with Crippen molar-refractivity contribution in [2.24, 2.45) is 5.92 Å². The van der Waals surface area contributed by atoms with E-state index in [1.807, 2.05) is 4.90 Å². The summed E-state index contributed by atoms with van der Waals surface area (Å²) in [6.07, 6.45) is 1.02. The number of methoxy groups -OCH3 is 1. The van der Waals surface area contributed by atoms with E-state index >= 15 is 0 Å². The smallest absolute Gasteiger partial charge is 0.241 e. The normalized spacial score (nSPS) is 22.2. The SMILES string of the molecule is CCC(C)C1NCN(CCOCCOC)C1=O. The third-order valence-electron chi connectivity index (χ3n) is 3.23. The van der Waals surface area contributed by atoms with E-state index in [4.69, 9.17) is 9.47 Å². The third kappa shape index (κ3) is 4.26. The van der Waals surface area contributed by atoms with Crippen molar-refractivity contribution in [3.05, 3.63) is 0 Å². The van der Waals surface area contributed by atoms with Gasteiger partial charge in [-0.1, -0.05) is 20.3 Å². The highest BCUT2D eigenvalue weighted by Gasteiger charge is 2.33. The number of hydrogen-bond donors (Lipinski definition) is 1. The predicted octanol–water partition coefficient (Wildman–Crippen LogP) is 0.453. The van der Waals surface area contributed by atoms with Crippen molar-refractivity contribution in [1.29, 1.82) is 0 Å². The fourth-order valence-corrected chi connectivity index (χ4v) is 1.86. The molecular weight excluding hydrogens is 220 g/mol. The number of carbonyl (C=O) groups excluding carboxylic acids is 1. The number of rotatable bonds is 8. The average Bonchev–Trinajstić information content (AvgIpc) is 2.70. The van der Waals surface area contributed by atoms with Crippen LogP contribution in [0.3, 0.4) is 0 Å². The van der Waals surface area contributed by atoms with Gasteiger partial charge in [-0.2, -0.15) is 0 Å². The van der Waals surface area contributed by atoms with Crippen molar-refractivity contribution >= 4 is 5.91 Å². The van der Waals surface area contributed by atoms with Crippen LogP contribution in [0.15, 0.2) is 0 Å². The molecule has 0 aromatic heterocycles. The maximum atomic E-state index is 12.0. The molecule has 1 heterocycles. The van der Waals surface area contributed by atoms with E-state index in [0.717, 1.165) is 6.42 Å². The minimum atomic E-state index is -0.0148. The fourth-order valence-electron chi connectivity index (χ4n) is 1.86. The zero-order valence-corrected chi connectivity index (χ0v) is 11.1. The Bertz CT molecular complexity index is 236. The van der Waals surface area contributed by atoms with Crippen molar-refractivity contribution in [2.45, 2.75) is 26.3 Å². The second-order valence-electron chi connectivity index (χ2n) is 4.43. The lowest BCUT2D eigenvalue weighted by molar-refractivity contribution is -0.130. The summed E-state index contributed by atoms with van der Waals surface area (Å²) in [6.45, 7) is 7.26. The molecule has 0 bridgehead atoms. The molecule has 2 atom stereocenters. The third-order valence-corrected chi connectivity index (χ3v) is 3.23. The van der Waals surface area contributed by atoms with Gasteiger partial charge in [0, 0.05) is 13.7 Å². The first-order chi connectivity index (χ1) is 8.20. The second kappa shape index (κ2) is 7.63. The molecule has 1 aliphatic rings. The van der Waals surface area contributed by atoms with Crippen LogP contribution in [0.5, 0.6) is 0 Å². The molecule has 0 aliphatic carbocycles. The molecule has 100 valence electrons. The molecule has 5 heteroatoms. The summed E-state index contributed by atoms with van der Waals surface area (Å²) in [6, 6.07) is -0.0148. The molecular formula is C12H24N2O3. The lowest BCUT2D eigenvalue weighted by Crippen LogP contribution is -2.36. The Kier molecular flexibility index (Phi) is 6.47. The Morgan fingerprint density at radius 2 is 2.24 bits per heavy atom. The summed E-state index contributed by atoms with van der Waals surface area (Å²) in [4.78, 5) is 13.8. The molecule has 1 N–H and O–H groups in total. The van der Waals surface area contributed by atoms with Crippen LogP contribution in [0.1, 0.15) is 20.3 Å². The number of ether oxygens (including phenoxy) is 2. The summed E-state index contributed by atoms with van der Waals surface area (Å²) in [5.41, 5.74) is 0. The van der Waals surface area contributed by atoms with E-state index in [0.29, 0.717) is 39.0 Å². The van der Waals surface area contributed by atoms with E-state index in [1.165, 1.54) is 0 Å². The summed E-state index contributed by atoms with van der Waals surface area (Å²) < 4.78 is 10.2. The van der Waals surface area contributed by atoms with Gasteiger partial charge in [0.25, 0.3) is 0 Å². The van der Waals surface area contributed by atoms with Gasteiger partial charge in [-0.05, 0) is 5.92 Å². The van der Waals surface area contributed by atoms with E-state index in [1.54, 1.807) is 7.11 Å². The van der Waals surface area contributed by atoms with Gasteiger partial charge in [0.15, 0.2) is 0 Å². The molecule has 1 amide bonds. The number of carbonyl (C=O) groups is 1. The summed E-state index contributed by atoms with van der Waals surface area (Å²) in [5, 5.41) is 3.26. The maximum Gasteiger partial charge on any atom is 0.241 e. The first kappa shape index (κ1) is 14.4. The lowest BCUT2D eigenvalue weighted by atomic mass is 9.99. The molecule has 17 heavy (non-hydrogen) atoms. The van der Waals surface area contributed by atoms with Crippen molar-refractivity contribution in [2.75, 3.05) is 40.1 Å². The molecule has 2 unspecified atom stereocenters. The number of nitrogens with one attached hydrogen (secondary N) is 1. The Balaban J connectivity index is 2.21. The number of nitrogens with zero attached hydrogens (tertiary/aromatic N) is 1. The second-order valence-corrected chi connectivity index (χ2v) is 4.43. The van der Waals surface area contributed by atoms with Crippen LogP contribution in [0.4, 0.5) is 0 Å². The number of hydrogen-bond acceptors (Lipinski definition) is 4. The number of amides is 1. The molecule has 0 aromatic carbocycles. The van der Waals surface area contributed by atoms with Crippen LogP contribution < -0.4 is 5.32 Å². The monoisotopic (exact) mass is 244 g/mol. The van der Waals surface area contributed by atoms with Crippen molar-refractivity contribution < 1.29 is 14.3 Å². The molecule has 0 saturated carbocycles. The van der Waals surface area contributed by atoms with Crippen molar-refractivity contribution in [3.8, 4) is 0 Å². The predicted molar refractivity (Wildman–Crippen MR) is 65.7 cm³/mol. The van der Waals surface area contributed by atoms with Gasteiger partial charge < -0.3 is 14.4 Å². The quantitative estimate of drug-likeness (QED) is 0.630. The average molecular weight is 244 g/mol. The topological polar surface area (TPSA) is 50.8 Å². The highest BCUT2D eigenvalue weighted by molar-refractivity contribution is 5.84. The van der Waals surface area contributed by atoms with E-state index in [9.17, 15) is 4.79 Å². The van der Waals surface area contributed by atoms with E-state index in [2.05, 4.69) is 19.2 Å². The summed E-state index contributed by atoms with van der Waals surface area (Å²) in [7, 11) is 1.65. The molecule has 0 aromatic rings. The minimum Gasteiger partial charge on any atom is -0.382 e. The van der Waals surface area contributed by atoms with Crippen LogP contribution in [0.2, 0.25) is 0 Å². The molecule has 5 nitrogen and oxygen atoms in total. The zero-order chi connectivity index (χ0) is 12.7. The Morgan fingerprint density at radius 3 is 2.88 bits per heavy atom. The van der Waals surface area contributed by atoms with Crippen LogP contribution in [0, 0.1) is 5.92 Å². The van der Waals surface area contributed by atoms with Gasteiger partial charge in [-0.15, -0.1) is 0 Å². The van der Waals surface area contributed by atoms with Crippen molar-refractivity contribution in [1.82, 2.24) is 10.2 Å². The molecule has 1 saturated heterocycles. The van der Waals surface area contributed by atoms with Crippen LogP contribution in [-0.2, 0) is 14.3 Å². The molecule has 1 fully saturated rings. The zero-order valence-electron chi connectivity index (χ0n) is 11.1. The maximum absolute atomic E-state index is 12.0. The van der Waals surface area contributed by atoms with Gasteiger partial charge in [0.05, 0.1) is 32.5 Å². The van der Waals surface area contributed by atoms with Gasteiger partial charge >= 0.3 is 0 Å². The lowest BCUT2D eigenvalue weighted by Gasteiger charge is -2.17. The fraction of sp³-hybridized carbons (Fsp3) is 0.917. The van der Waals surface area contributed by atoms with Crippen LogP contribution in [-0.4, -0.2) is 57.0 Å². The van der Waals surface area contributed by atoms with Gasteiger partial charge in [0.1, 0.15) is 0 Å². The van der Waals surface area contributed by atoms with Gasteiger partial charge in [-0.25, -0.2) is 0 Å². The van der Waals surface area contributed by atoms with Gasteiger partial charge in [0.2, 0.25) is 5.91 Å². The van der Waals surface area contributed by atoms with Crippen LogP contribution in [0.25, 0.3) is 0 Å². The first-order valence-corrected chi connectivity index (χ1v) is 6.29. The molecule has 1 aliphatic heterocycles. The molecule has 1 rings (SSSR count). The highest BCUT2D eigenvalue weighted by Crippen LogP contribution is 2.14. The van der Waals surface area contributed by atoms with Gasteiger partial charge in [-0.3, -0.25) is 10.1 Å². The Hall–Kier alpha value is -0.650. The largest absolute Gasteiger partial charge is 0.382 e. The minimum absolute atomic E-state index is 0.0148. The molecule has 0 radical (unpaired) electrons.